The van der Waals surface area contributed by atoms with Crippen LogP contribution in [0.5, 0.6) is 6.01 Å². The SMILES string of the molecule is Cn1c2[n+]([nH]c1=O)C(C1CC1)(C1CC1)C(C1CC1)(C1CC1)O2. The van der Waals surface area contributed by atoms with Gasteiger partial charge in [0.25, 0.3) is 0 Å². The maximum atomic E-state index is 12.2. The van der Waals surface area contributed by atoms with E-state index in [-0.39, 0.29) is 16.8 Å². The molecule has 0 amide bonds. The van der Waals surface area contributed by atoms with Crippen molar-refractivity contribution in [2.75, 3.05) is 0 Å². The highest BCUT2D eigenvalue weighted by Crippen LogP contribution is 2.70. The van der Waals surface area contributed by atoms with E-state index in [1.54, 1.807) is 4.57 Å². The number of fused-ring (bicyclic) bond motifs is 1. The molecule has 5 heteroatoms. The van der Waals surface area contributed by atoms with E-state index < -0.39 is 0 Å². The van der Waals surface area contributed by atoms with E-state index in [1.807, 2.05) is 7.05 Å². The van der Waals surface area contributed by atoms with Crippen LogP contribution in [0.1, 0.15) is 51.4 Å². The molecule has 4 saturated carbocycles. The summed E-state index contributed by atoms with van der Waals surface area (Å²) in [6.07, 6.45) is 10.5. The van der Waals surface area contributed by atoms with Gasteiger partial charge >= 0.3 is 11.7 Å². The van der Waals surface area contributed by atoms with E-state index in [0.717, 1.165) is 6.01 Å². The van der Waals surface area contributed by atoms with Gasteiger partial charge in [-0.3, -0.25) is 0 Å². The first kappa shape index (κ1) is 12.2. The van der Waals surface area contributed by atoms with Gasteiger partial charge in [0.15, 0.2) is 11.1 Å². The van der Waals surface area contributed by atoms with Crippen LogP contribution in [0.4, 0.5) is 0 Å². The molecule has 4 fully saturated rings. The summed E-state index contributed by atoms with van der Waals surface area (Å²) >= 11 is 0. The Bertz CT molecular complexity index is 693. The molecule has 0 aromatic carbocycles. The Morgan fingerprint density at radius 3 is 1.95 bits per heavy atom. The topological polar surface area (TPSA) is 50.9 Å². The van der Waals surface area contributed by atoms with Crippen LogP contribution in [0.25, 0.3) is 0 Å². The Labute approximate surface area is 129 Å². The normalized spacial score (nSPS) is 31.9. The van der Waals surface area contributed by atoms with Gasteiger partial charge in [0.1, 0.15) is 0 Å². The molecular weight excluding hydrogens is 278 g/mol. The van der Waals surface area contributed by atoms with Gasteiger partial charge in [0.05, 0.1) is 7.05 Å². The molecule has 0 atom stereocenters. The van der Waals surface area contributed by atoms with Crippen molar-refractivity contribution >= 4 is 0 Å². The summed E-state index contributed by atoms with van der Waals surface area (Å²) in [5.74, 6) is 2.85. The van der Waals surface area contributed by atoms with Gasteiger partial charge in [-0.1, -0.05) is 0 Å². The number of hydrogen-bond donors (Lipinski definition) is 1. The lowest BCUT2D eigenvalue weighted by molar-refractivity contribution is -0.813. The molecule has 0 bridgehead atoms. The fourth-order valence-electron chi connectivity index (χ4n) is 5.79. The first-order chi connectivity index (χ1) is 10.7. The average molecular weight is 302 g/mol. The van der Waals surface area contributed by atoms with Crippen LogP contribution in [0.2, 0.25) is 0 Å². The fourth-order valence-corrected chi connectivity index (χ4v) is 5.79. The third-order valence-electron chi connectivity index (χ3n) is 7.01. The van der Waals surface area contributed by atoms with E-state index in [9.17, 15) is 4.79 Å². The molecule has 22 heavy (non-hydrogen) atoms. The second kappa shape index (κ2) is 3.46. The molecule has 5 aliphatic rings. The highest BCUT2D eigenvalue weighted by molar-refractivity contribution is 5.24. The van der Waals surface area contributed by atoms with Crippen molar-refractivity contribution in [2.45, 2.75) is 62.5 Å². The highest BCUT2D eigenvalue weighted by Gasteiger charge is 2.82. The molecule has 2 heterocycles. The number of nitrogens with zero attached hydrogens (tertiary/aromatic N) is 2. The van der Waals surface area contributed by atoms with Crippen LogP contribution in [-0.4, -0.2) is 15.3 Å². The van der Waals surface area contributed by atoms with Crippen LogP contribution in [0.3, 0.4) is 0 Å². The van der Waals surface area contributed by atoms with Gasteiger partial charge in [-0.2, -0.15) is 5.10 Å². The molecule has 0 radical (unpaired) electrons. The van der Waals surface area contributed by atoms with E-state index in [4.69, 9.17) is 4.74 Å². The molecule has 1 aromatic heterocycles. The summed E-state index contributed by atoms with van der Waals surface area (Å²) in [6.45, 7) is 0. The predicted octanol–water partition coefficient (Wildman–Crippen LogP) is 1.47. The number of ether oxygens (including phenoxy) is 1. The summed E-state index contributed by atoms with van der Waals surface area (Å²) in [5, 5.41) is 3.18. The third-order valence-corrected chi connectivity index (χ3v) is 7.01. The zero-order valence-corrected chi connectivity index (χ0v) is 13.2. The summed E-state index contributed by atoms with van der Waals surface area (Å²) in [7, 11) is 1.85. The zero-order chi connectivity index (χ0) is 14.7. The number of nitrogens with one attached hydrogen (secondary N) is 1. The van der Waals surface area contributed by atoms with E-state index in [0.29, 0.717) is 23.7 Å². The van der Waals surface area contributed by atoms with Crippen LogP contribution < -0.4 is 15.1 Å². The molecular formula is C17H24N3O2+. The standard InChI is InChI=1S/C17H23N3O2/c1-19-14(21)18-20-15(19)22-17(12-6-7-12,13-8-9-13)16(20,10-2-3-10)11-4-5-11/h10-13H,2-9H2,1H3/p+1. The second-order valence-electron chi connectivity index (χ2n) is 8.41. The van der Waals surface area contributed by atoms with Gasteiger partial charge < -0.3 is 4.74 Å². The Kier molecular flexibility index (Phi) is 1.92. The van der Waals surface area contributed by atoms with Gasteiger partial charge in [0, 0.05) is 23.7 Å². The number of rotatable bonds is 4. The molecule has 4 aliphatic carbocycles. The number of aromatic nitrogens is 3. The third kappa shape index (κ3) is 1.18. The molecule has 6 rings (SSSR count). The monoisotopic (exact) mass is 302 g/mol. The maximum Gasteiger partial charge on any atom is 0.481 e. The van der Waals surface area contributed by atoms with Gasteiger partial charge in [-0.25, -0.2) is 4.79 Å². The minimum absolute atomic E-state index is 0.00731. The van der Waals surface area contributed by atoms with Crippen LogP contribution in [-0.2, 0) is 12.6 Å². The summed E-state index contributed by atoms with van der Waals surface area (Å²) in [5.41, 5.74) is 0.0263. The van der Waals surface area contributed by atoms with Gasteiger partial charge in [-0.15, -0.1) is 9.25 Å². The van der Waals surface area contributed by atoms with Crippen molar-refractivity contribution in [3.63, 3.8) is 0 Å². The van der Waals surface area contributed by atoms with E-state index >= 15 is 0 Å². The summed E-state index contributed by atoms with van der Waals surface area (Å²) in [6, 6.07) is 0.808. The average Bonchev–Trinajstić information content (AvgIpc) is 3.35. The lowest BCUT2D eigenvalue weighted by Gasteiger charge is -2.42. The number of aromatic amines is 1. The van der Waals surface area contributed by atoms with Crippen molar-refractivity contribution in [3.05, 3.63) is 10.5 Å². The van der Waals surface area contributed by atoms with Crippen molar-refractivity contribution in [3.8, 4) is 6.01 Å². The summed E-state index contributed by atoms with van der Waals surface area (Å²) < 4.78 is 10.7. The Hall–Kier alpha value is -1.26. The largest absolute Gasteiger partial charge is 0.481 e. The van der Waals surface area contributed by atoms with Gasteiger partial charge in [-0.05, 0) is 51.4 Å². The minimum Gasteiger partial charge on any atom is -0.417 e. The van der Waals surface area contributed by atoms with E-state index in [2.05, 4.69) is 9.78 Å². The molecule has 1 aliphatic heterocycles. The lowest BCUT2D eigenvalue weighted by atomic mass is 9.67. The van der Waals surface area contributed by atoms with Crippen molar-refractivity contribution in [1.82, 2.24) is 9.67 Å². The lowest BCUT2D eigenvalue weighted by Crippen LogP contribution is -2.71. The fraction of sp³-hybridized carbons (Fsp3) is 0.882. The number of hydrogen-bond acceptors (Lipinski definition) is 2. The van der Waals surface area contributed by atoms with E-state index in [1.165, 1.54) is 51.4 Å². The summed E-state index contributed by atoms with van der Waals surface area (Å²) in [4.78, 5) is 12.2. The quantitative estimate of drug-likeness (QED) is 0.856. The maximum absolute atomic E-state index is 12.2. The Morgan fingerprint density at radius 1 is 1.00 bits per heavy atom. The van der Waals surface area contributed by atoms with Crippen molar-refractivity contribution in [1.29, 1.82) is 0 Å². The molecule has 5 nitrogen and oxygen atoms in total. The van der Waals surface area contributed by atoms with Crippen LogP contribution >= 0.6 is 0 Å². The Balaban J connectivity index is 1.66. The van der Waals surface area contributed by atoms with Crippen LogP contribution in [0.15, 0.2) is 4.79 Å². The molecule has 0 spiro atoms. The molecule has 118 valence electrons. The minimum atomic E-state index is -0.0270. The molecule has 0 saturated heterocycles. The first-order valence-electron chi connectivity index (χ1n) is 9.10. The van der Waals surface area contributed by atoms with Crippen LogP contribution in [0, 0.1) is 23.7 Å². The molecule has 0 unspecified atom stereocenters. The highest BCUT2D eigenvalue weighted by atomic mass is 16.5. The second-order valence-corrected chi connectivity index (χ2v) is 8.41. The molecule has 1 aromatic rings. The van der Waals surface area contributed by atoms with Gasteiger partial charge in [0.2, 0.25) is 0 Å². The first-order valence-corrected chi connectivity index (χ1v) is 9.10. The zero-order valence-electron chi connectivity index (χ0n) is 13.2. The predicted molar refractivity (Wildman–Crippen MR) is 78.5 cm³/mol. The van der Waals surface area contributed by atoms with Crippen molar-refractivity contribution in [2.24, 2.45) is 30.7 Å². The number of H-pyrrole nitrogens is 1. The van der Waals surface area contributed by atoms with Crippen molar-refractivity contribution < 1.29 is 9.42 Å². The Morgan fingerprint density at radius 2 is 1.50 bits per heavy atom. The smallest absolute Gasteiger partial charge is 0.417 e. The molecule has 1 N–H and O–H groups in total.